The summed E-state index contributed by atoms with van der Waals surface area (Å²) in [5.74, 6) is 0.760. The summed E-state index contributed by atoms with van der Waals surface area (Å²) < 4.78 is 5.51. The average molecular weight is 273 g/mol. The number of carbonyl (C=O) groups is 1. The number of amides is 1. The van der Waals surface area contributed by atoms with E-state index in [1.165, 1.54) is 18.4 Å². The molecule has 0 saturated heterocycles. The maximum atomic E-state index is 11.6. The zero-order chi connectivity index (χ0) is 14.2. The molecule has 1 saturated carbocycles. The quantitative estimate of drug-likeness (QED) is 0.584. The summed E-state index contributed by atoms with van der Waals surface area (Å²) in [5, 5.41) is 2.87. The largest absolute Gasteiger partial charge is 0.381 e. The number of aryl methyl sites for hydroxylation is 1. The van der Waals surface area contributed by atoms with Crippen LogP contribution in [0.4, 0.5) is 0 Å². The molecule has 0 aliphatic heterocycles. The molecule has 20 heavy (non-hydrogen) atoms. The Balaban J connectivity index is 1.57. The fraction of sp³-hybridized carbons (Fsp3) is 0.471. The highest BCUT2D eigenvalue weighted by atomic mass is 16.5. The molecule has 0 spiro atoms. The second kappa shape index (κ2) is 7.85. The number of carbonyl (C=O) groups excluding carboxylic acids is 1. The van der Waals surface area contributed by atoms with Gasteiger partial charge in [0.2, 0.25) is 5.91 Å². The van der Waals surface area contributed by atoms with Crippen molar-refractivity contribution in [3.63, 3.8) is 0 Å². The van der Waals surface area contributed by atoms with Crippen LogP contribution < -0.4 is 5.32 Å². The van der Waals surface area contributed by atoms with Crippen LogP contribution in [0, 0.1) is 12.8 Å². The molecule has 2 rings (SSSR count). The van der Waals surface area contributed by atoms with E-state index in [1.807, 2.05) is 31.2 Å². The molecule has 108 valence electrons. The molecule has 1 amide bonds. The highest BCUT2D eigenvalue weighted by Crippen LogP contribution is 2.28. The van der Waals surface area contributed by atoms with Gasteiger partial charge in [-0.05, 0) is 43.7 Å². The molecule has 3 nitrogen and oxygen atoms in total. The minimum Gasteiger partial charge on any atom is -0.381 e. The van der Waals surface area contributed by atoms with Crippen LogP contribution in [0.1, 0.15) is 30.4 Å². The number of rotatable bonds is 8. The molecule has 0 heterocycles. The van der Waals surface area contributed by atoms with E-state index in [1.54, 1.807) is 6.08 Å². The van der Waals surface area contributed by atoms with Crippen molar-refractivity contribution >= 4 is 12.0 Å². The van der Waals surface area contributed by atoms with Gasteiger partial charge in [-0.2, -0.15) is 0 Å². The molecule has 0 unspecified atom stereocenters. The third kappa shape index (κ3) is 6.02. The first-order chi connectivity index (χ1) is 9.74. The van der Waals surface area contributed by atoms with Gasteiger partial charge in [-0.3, -0.25) is 4.79 Å². The number of ether oxygens (including phenoxy) is 1. The van der Waals surface area contributed by atoms with Crippen molar-refractivity contribution in [1.29, 1.82) is 0 Å². The summed E-state index contributed by atoms with van der Waals surface area (Å²) >= 11 is 0. The standard InChI is InChI=1S/C17H23NO2/c1-14-4-2-5-15(12-14)8-9-17(19)18-10-3-11-20-13-16-6-7-16/h2,4-5,8-9,12,16H,3,6-7,10-11,13H2,1H3,(H,18,19)/b9-8+. The van der Waals surface area contributed by atoms with Crippen molar-refractivity contribution < 1.29 is 9.53 Å². The topological polar surface area (TPSA) is 38.3 Å². The Hall–Kier alpha value is -1.61. The molecule has 3 heteroatoms. The molecule has 0 radical (unpaired) electrons. The van der Waals surface area contributed by atoms with E-state index >= 15 is 0 Å². The van der Waals surface area contributed by atoms with Gasteiger partial charge in [-0.15, -0.1) is 0 Å². The SMILES string of the molecule is Cc1cccc(/C=C/C(=O)NCCCOCC2CC2)c1. The lowest BCUT2D eigenvalue weighted by atomic mass is 10.1. The summed E-state index contributed by atoms with van der Waals surface area (Å²) in [7, 11) is 0. The third-order valence-corrected chi connectivity index (χ3v) is 3.28. The van der Waals surface area contributed by atoms with Gasteiger partial charge < -0.3 is 10.1 Å². The summed E-state index contributed by atoms with van der Waals surface area (Å²) in [6.07, 6.45) is 6.93. The van der Waals surface area contributed by atoms with E-state index in [9.17, 15) is 4.79 Å². The Morgan fingerprint density at radius 3 is 3.05 bits per heavy atom. The highest BCUT2D eigenvalue weighted by molar-refractivity contribution is 5.91. The smallest absolute Gasteiger partial charge is 0.244 e. The lowest BCUT2D eigenvalue weighted by Gasteiger charge is -2.03. The molecule has 0 aromatic heterocycles. The molecule has 0 bridgehead atoms. The second-order valence-electron chi connectivity index (χ2n) is 5.41. The van der Waals surface area contributed by atoms with Crippen molar-refractivity contribution in [2.24, 2.45) is 5.92 Å². The molecule has 1 aromatic rings. The van der Waals surface area contributed by atoms with Gasteiger partial charge in [-0.25, -0.2) is 0 Å². The monoisotopic (exact) mass is 273 g/mol. The summed E-state index contributed by atoms with van der Waals surface area (Å²) in [5.41, 5.74) is 2.24. The third-order valence-electron chi connectivity index (χ3n) is 3.28. The minimum absolute atomic E-state index is 0.0475. The first-order valence-electron chi connectivity index (χ1n) is 7.34. The summed E-state index contributed by atoms with van der Waals surface area (Å²) in [6.45, 7) is 4.33. The molecule has 0 atom stereocenters. The van der Waals surface area contributed by atoms with E-state index < -0.39 is 0 Å². The van der Waals surface area contributed by atoms with Crippen LogP contribution in [0.25, 0.3) is 6.08 Å². The van der Waals surface area contributed by atoms with Gasteiger partial charge in [0.25, 0.3) is 0 Å². The van der Waals surface area contributed by atoms with Crippen LogP contribution >= 0.6 is 0 Å². The molecule has 1 fully saturated rings. The normalized spacial score (nSPS) is 14.7. The maximum Gasteiger partial charge on any atom is 0.244 e. The van der Waals surface area contributed by atoms with Crippen LogP contribution in [0.15, 0.2) is 30.3 Å². The maximum absolute atomic E-state index is 11.6. The molecular weight excluding hydrogens is 250 g/mol. The van der Waals surface area contributed by atoms with Crippen LogP contribution in [-0.4, -0.2) is 25.7 Å². The summed E-state index contributed by atoms with van der Waals surface area (Å²) in [4.78, 5) is 11.6. The van der Waals surface area contributed by atoms with Gasteiger partial charge in [0, 0.05) is 25.8 Å². The Kier molecular flexibility index (Phi) is 5.81. The van der Waals surface area contributed by atoms with Crippen molar-refractivity contribution in [2.45, 2.75) is 26.2 Å². The average Bonchev–Trinajstić information content (AvgIpc) is 3.24. The minimum atomic E-state index is -0.0475. The van der Waals surface area contributed by atoms with E-state index in [4.69, 9.17) is 4.74 Å². The lowest BCUT2D eigenvalue weighted by molar-refractivity contribution is -0.116. The number of hydrogen-bond acceptors (Lipinski definition) is 2. The van der Waals surface area contributed by atoms with Gasteiger partial charge in [0.15, 0.2) is 0 Å². The molecular formula is C17H23NO2. The molecule has 1 N–H and O–H groups in total. The predicted octanol–water partition coefficient (Wildman–Crippen LogP) is 2.94. The zero-order valence-corrected chi connectivity index (χ0v) is 12.1. The molecule has 1 aliphatic carbocycles. The first kappa shape index (κ1) is 14.8. The van der Waals surface area contributed by atoms with E-state index in [0.29, 0.717) is 6.54 Å². The predicted molar refractivity (Wildman–Crippen MR) is 81.4 cm³/mol. The van der Waals surface area contributed by atoms with Crippen molar-refractivity contribution in [2.75, 3.05) is 19.8 Å². The van der Waals surface area contributed by atoms with Crippen molar-refractivity contribution in [3.8, 4) is 0 Å². The number of hydrogen-bond donors (Lipinski definition) is 1. The van der Waals surface area contributed by atoms with Crippen molar-refractivity contribution in [3.05, 3.63) is 41.5 Å². The van der Waals surface area contributed by atoms with Gasteiger partial charge in [0.1, 0.15) is 0 Å². The Morgan fingerprint density at radius 1 is 1.45 bits per heavy atom. The van der Waals surface area contributed by atoms with Gasteiger partial charge in [-0.1, -0.05) is 29.8 Å². The van der Waals surface area contributed by atoms with Crippen molar-refractivity contribution in [1.82, 2.24) is 5.32 Å². The van der Waals surface area contributed by atoms with E-state index in [-0.39, 0.29) is 5.91 Å². The lowest BCUT2D eigenvalue weighted by Crippen LogP contribution is -2.23. The second-order valence-corrected chi connectivity index (χ2v) is 5.41. The van der Waals surface area contributed by atoms with Crippen LogP contribution in [0.2, 0.25) is 0 Å². The first-order valence-corrected chi connectivity index (χ1v) is 7.34. The number of benzene rings is 1. The molecule has 1 aromatic carbocycles. The Bertz CT molecular complexity index is 464. The Morgan fingerprint density at radius 2 is 2.30 bits per heavy atom. The summed E-state index contributed by atoms with van der Waals surface area (Å²) in [6, 6.07) is 8.07. The molecule has 1 aliphatic rings. The van der Waals surface area contributed by atoms with Crippen LogP contribution in [-0.2, 0) is 9.53 Å². The highest BCUT2D eigenvalue weighted by Gasteiger charge is 2.20. The zero-order valence-electron chi connectivity index (χ0n) is 12.1. The van der Waals surface area contributed by atoms with E-state index in [2.05, 4.69) is 11.4 Å². The van der Waals surface area contributed by atoms with Crippen LogP contribution in [0.3, 0.4) is 0 Å². The fourth-order valence-electron chi connectivity index (χ4n) is 1.92. The van der Waals surface area contributed by atoms with Gasteiger partial charge in [0.05, 0.1) is 0 Å². The van der Waals surface area contributed by atoms with E-state index in [0.717, 1.165) is 31.1 Å². The fourth-order valence-corrected chi connectivity index (χ4v) is 1.92. The van der Waals surface area contributed by atoms with Crippen LogP contribution in [0.5, 0.6) is 0 Å². The number of nitrogens with one attached hydrogen (secondary N) is 1. The van der Waals surface area contributed by atoms with Gasteiger partial charge >= 0.3 is 0 Å². The Labute approximate surface area is 121 Å².